The Balaban J connectivity index is 1.67. The average molecular weight is 251 g/mol. The van der Waals surface area contributed by atoms with Gasteiger partial charge in [-0.1, -0.05) is 0 Å². The van der Waals surface area contributed by atoms with Gasteiger partial charge in [0.1, 0.15) is 5.76 Å². The fourth-order valence-electron chi connectivity index (χ4n) is 1.58. The van der Waals surface area contributed by atoms with Crippen LogP contribution in [0.4, 0.5) is 4.79 Å². The largest absolute Gasteiger partial charge is 0.468 e. The van der Waals surface area contributed by atoms with E-state index in [0.717, 1.165) is 18.6 Å². The second kappa shape index (κ2) is 5.68. The first-order chi connectivity index (χ1) is 8.63. The van der Waals surface area contributed by atoms with Crippen LogP contribution in [0.3, 0.4) is 0 Å². The number of likely N-dealkylation sites (N-methyl/N-ethyl adjacent to an activating group) is 1. The molecule has 0 spiro atoms. The predicted octanol–water partition coefficient (Wildman–Crippen LogP) is 0.700. The molecule has 3 amide bonds. The molecule has 0 aromatic carbocycles. The van der Waals surface area contributed by atoms with Crippen LogP contribution in [0, 0.1) is 0 Å². The second-order valence-corrected chi connectivity index (χ2v) is 4.55. The van der Waals surface area contributed by atoms with Gasteiger partial charge in [-0.15, -0.1) is 0 Å². The highest BCUT2D eigenvalue weighted by atomic mass is 16.3. The number of furan rings is 1. The Labute approximate surface area is 105 Å². The number of hydrogen-bond donors (Lipinski definition) is 2. The van der Waals surface area contributed by atoms with Gasteiger partial charge in [0.15, 0.2) is 0 Å². The summed E-state index contributed by atoms with van der Waals surface area (Å²) in [7, 11) is 1.79. The zero-order chi connectivity index (χ0) is 13.0. The molecule has 0 radical (unpaired) electrons. The highest BCUT2D eigenvalue weighted by Crippen LogP contribution is 2.18. The molecule has 98 valence electrons. The second-order valence-electron chi connectivity index (χ2n) is 4.55. The lowest BCUT2D eigenvalue weighted by Gasteiger charge is -2.14. The van der Waals surface area contributed by atoms with Gasteiger partial charge in [-0.3, -0.25) is 15.0 Å². The molecule has 0 bridgehead atoms. The number of hydrogen-bond acceptors (Lipinski definition) is 4. The zero-order valence-electron chi connectivity index (χ0n) is 10.3. The summed E-state index contributed by atoms with van der Waals surface area (Å²) in [6.45, 7) is 0.684. The van der Waals surface area contributed by atoms with Gasteiger partial charge >= 0.3 is 6.03 Å². The van der Waals surface area contributed by atoms with Crippen molar-refractivity contribution in [3.8, 4) is 0 Å². The molecule has 6 nitrogen and oxygen atoms in total. The van der Waals surface area contributed by atoms with Gasteiger partial charge in [-0.25, -0.2) is 4.79 Å². The Bertz CT molecular complexity index is 412. The molecule has 0 unspecified atom stereocenters. The molecule has 1 aromatic rings. The Morgan fingerprint density at radius 2 is 2.28 bits per heavy atom. The lowest BCUT2D eigenvalue weighted by atomic mass is 10.4. The molecule has 1 aliphatic rings. The third-order valence-corrected chi connectivity index (χ3v) is 2.58. The number of amides is 3. The molecule has 0 aliphatic heterocycles. The van der Waals surface area contributed by atoms with E-state index in [4.69, 9.17) is 4.42 Å². The minimum atomic E-state index is -0.408. The van der Waals surface area contributed by atoms with E-state index in [1.165, 1.54) is 0 Å². The smallest absolute Gasteiger partial charge is 0.321 e. The Hall–Kier alpha value is -1.82. The lowest BCUT2D eigenvalue weighted by molar-refractivity contribution is -0.121. The van der Waals surface area contributed by atoms with E-state index in [0.29, 0.717) is 6.54 Å². The topological polar surface area (TPSA) is 74.6 Å². The number of urea groups is 1. The van der Waals surface area contributed by atoms with Crippen LogP contribution in [0.25, 0.3) is 0 Å². The summed E-state index contributed by atoms with van der Waals surface area (Å²) in [5.74, 6) is 0.468. The van der Waals surface area contributed by atoms with Crippen molar-refractivity contribution in [1.82, 2.24) is 15.5 Å². The van der Waals surface area contributed by atoms with Crippen molar-refractivity contribution in [2.24, 2.45) is 0 Å². The number of nitrogens with zero attached hydrogens (tertiary/aromatic N) is 1. The molecule has 2 N–H and O–H groups in total. The third kappa shape index (κ3) is 4.21. The van der Waals surface area contributed by atoms with Gasteiger partial charge in [0.05, 0.1) is 19.4 Å². The number of carbonyl (C=O) groups is 2. The van der Waals surface area contributed by atoms with Crippen LogP contribution >= 0.6 is 0 Å². The van der Waals surface area contributed by atoms with E-state index in [1.54, 1.807) is 24.3 Å². The average Bonchev–Trinajstić information content (AvgIpc) is 2.92. The summed E-state index contributed by atoms with van der Waals surface area (Å²) in [5.41, 5.74) is 0. The summed E-state index contributed by atoms with van der Waals surface area (Å²) >= 11 is 0. The van der Waals surface area contributed by atoms with E-state index in [1.807, 2.05) is 6.07 Å². The molecule has 1 saturated carbocycles. The Kier molecular flexibility index (Phi) is 3.99. The summed E-state index contributed by atoms with van der Waals surface area (Å²) in [5, 5.41) is 5.00. The van der Waals surface area contributed by atoms with E-state index < -0.39 is 6.03 Å². The molecule has 18 heavy (non-hydrogen) atoms. The third-order valence-electron chi connectivity index (χ3n) is 2.58. The SMILES string of the molecule is CN(CC(=O)NC(=O)NC1CC1)Cc1ccco1. The van der Waals surface area contributed by atoms with Gasteiger partial charge in [0.2, 0.25) is 5.91 Å². The first kappa shape index (κ1) is 12.6. The highest BCUT2D eigenvalue weighted by Gasteiger charge is 2.24. The first-order valence-electron chi connectivity index (χ1n) is 5.95. The van der Waals surface area contributed by atoms with Crippen LogP contribution in [-0.4, -0.2) is 36.5 Å². The van der Waals surface area contributed by atoms with E-state index in [2.05, 4.69) is 10.6 Å². The van der Waals surface area contributed by atoms with Crippen molar-refractivity contribution in [2.75, 3.05) is 13.6 Å². The van der Waals surface area contributed by atoms with Crippen molar-refractivity contribution >= 4 is 11.9 Å². The van der Waals surface area contributed by atoms with Gasteiger partial charge in [0.25, 0.3) is 0 Å². The minimum Gasteiger partial charge on any atom is -0.468 e. The normalized spacial score (nSPS) is 14.6. The number of rotatable bonds is 5. The van der Waals surface area contributed by atoms with Crippen molar-refractivity contribution in [3.63, 3.8) is 0 Å². The summed E-state index contributed by atoms with van der Waals surface area (Å²) in [6, 6.07) is 3.48. The van der Waals surface area contributed by atoms with E-state index >= 15 is 0 Å². The molecular formula is C12H17N3O3. The quantitative estimate of drug-likeness (QED) is 0.807. The fraction of sp³-hybridized carbons (Fsp3) is 0.500. The van der Waals surface area contributed by atoms with Crippen LogP contribution in [0.2, 0.25) is 0 Å². The molecular weight excluding hydrogens is 234 g/mol. The van der Waals surface area contributed by atoms with Gasteiger partial charge in [-0.2, -0.15) is 0 Å². The first-order valence-corrected chi connectivity index (χ1v) is 5.95. The van der Waals surface area contributed by atoms with Crippen LogP contribution in [0.1, 0.15) is 18.6 Å². The highest BCUT2D eigenvalue weighted by molar-refractivity contribution is 5.95. The number of imide groups is 1. The van der Waals surface area contributed by atoms with Crippen LogP contribution < -0.4 is 10.6 Å². The molecule has 0 saturated heterocycles. The van der Waals surface area contributed by atoms with Crippen molar-refractivity contribution in [1.29, 1.82) is 0 Å². The molecule has 1 fully saturated rings. The zero-order valence-corrected chi connectivity index (χ0v) is 10.3. The monoisotopic (exact) mass is 251 g/mol. The standard InChI is InChI=1S/C12H17N3O3/c1-15(7-10-3-2-6-18-10)8-11(16)14-12(17)13-9-4-5-9/h2-3,6,9H,4-5,7-8H2,1H3,(H2,13,14,16,17). The van der Waals surface area contributed by atoms with Crippen LogP contribution in [-0.2, 0) is 11.3 Å². The van der Waals surface area contributed by atoms with Gasteiger partial charge < -0.3 is 9.73 Å². The molecule has 1 aromatic heterocycles. The van der Waals surface area contributed by atoms with Crippen molar-refractivity contribution < 1.29 is 14.0 Å². The fourth-order valence-corrected chi connectivity index (χ4v) is 1.58. The molecule has 2 rings (SSSR count). The van der Waals surface area contributed by atoms with E-state index in [9.17, 15) is 9.59 Å². The van der Waals surface area contributed by atoms with Crippen molar-refractivity contribution in [3.05, 3.63) is 24.2 Å². The molecule has 6 heteroatoms. The van der Waals surface area contributed by atoms with Crippen LogP contribution in [0.5, 0.6) is 0 Å². The summed E-state index contributed by atoms with van der Waals surface area (Å²) in [6.07, 6.45) is 3.59. The Morgan fingerprint density at radius 3 is 2.89 bits per heavy atom. The number of carbonyl (C=O) groups excluding carboxylic acids is 2. The Morgan fingerprint density at radius 1 is 1.50 bits per heavy atom. The summed E-state index contributed by atoms with van der Waals surface area (Å²) in [4.78, 5) is 24.6. The van der Waals surface area contributed by atoms with Crippen molar-refractivity contribution in [2.45, 2.75) is 25.4 Å². The van der Waals surface area contributed by atoms with Crippen LogP contribution in [0.15, 0.2) is 22.8 Å². The lowest BCUT2D eigenvalue weighted by Crippen LogP contribution is -2.44. The maximum absolute atomic E-state index is 11.6. The summed E-state index contributed by atoms with van der Waals surface area (Å²) < 4.78 is 5.18. The number of nitrogens with one attached hydrogen (secondary N) is 2. The van der Waals surface area contributed by atoms with Gasteiger partial charge in [0, 0.05) is 6.04 Å². The molecule has 1 aliphatic carbocycles. The molecule has 0 atom stereocenters. The van der Waals surface area contributed by atoms with Gasteiger partial charge in [-0.05, 0) is 32.0 Å². The molecule has 1 heterocycles. The van der Waals surface area contributed by atoms with E-state index in [-0.39, 0.29) is 18.5 Å². The predicted molar refractivity (Wildman–Crippen MR) is 64.7 cm³/mol. The maximum Gasteiger partial charge on any atom is 0.321 e. The minimum absolute atomic E-state index is 0.152. The maximum atomic E-state index is 11.6.